The van der Waals surface area contributed by atoms with Gasteiger partial charge in [0.2, 0.25) is 0 Å². The summed E-state index contributed by atoms with van der Waals surface area (Å²) in [5.74, 6) is 0.959. The molecule has 112 valence electrons. The smallest absolute Gasteiger partial charge is 0.258 e. The summed E-state index contributed by atoms with van der Waals surface area (Å²) in [6.45, 7) is 8.63. The average molecular weight is 287 g/mol. The first-order chi connectivity index (χ1) is 9.84. The third-order valence-electron chi connectivity index (χ3n) is 3.31. The maximum atomic E-state index is 12.4. The summed E-state index contributed by atoms with van der Waals surface area (Å²) in [7, 11) is 1.77. The van der Waals surface area contributed by atoms with Gasteiger partial charge in [-0.15, -0.1) is 0 Å². The standard InChI is InChI=1S/C16H21N3O2/c1-6-19(5)14(20)12-10-8-7-9-11(12)13-17-15(18-21-13)16(2,3)4/h7-10H,6H2,1-5H3. The molecule has 0 bridgehead atoms. The Kier molecular flexibility index (Phi) is 4.11. The molecule has 0 radical (unpaired) electrons. The van der Waals surface area contributed by atoms with Gasteiger partial charge in [0.25, 0.3) is 11.8 Å². The first-order valence-electron chi connectivity index (χ1n) is 7.03. The fourth-order valence-corrected chi connectivity index (χ4v) is 1.84. The van der Waals surface area contributed by atoms with Gasteiger partial charge < -0.3 is 9.42 Å². The number of carbonyl (C=O) groups is 1. The van der Waals surface area contributed by atoms with Crippen LogP contribution < -0.4 is 0 Å². The number of aromatic nitrogens is 2. The van der Waals surface area contributed by atoms with E-state index in [1.807, 2.05) is 45.9 Å². The van der Waals surface area contributed by atoms with E-state index in [0.717, 1.165) is 0 Å². The number of rotatable bonds is 3. The van der Waals surface area contributed by atoms with Crippen molar-refractivity contribution >= 4 is 5.91 Å². The van der Waals surface area contributed by atoms with E-state index in [2.05, 4.69) is 10.1 Å². The van der Waals surface area contributed by atoms with Crippen LogP contribution in [0.1, 0.15) is 43.9 Å². The van der Waals surface area contributed by atoms with Crippen molar-refractivity contribution < 1.29 is 9.32 Å². The van der Waals surface area contributed by atoms with Crippen molar-refractivity contribution in [2.45, 2.75) is 33.1 Å². The summed E-state index contributed by atoms with van der Waals surface area (Å²) in [5, 5.41) is 4.02. The first-order valence-corrected chi connectivity index (χ1v) is 7.03. The normalized spacial score (nSPS) is 11.5. The zero-order chi connectivity index (χ0) is 15.6. The lowest BCUT2D eigenvalue weighted by Gasteiger charge is -2.15. The first kappa shape index (κ1) is 15.2. The third kappa shape index (κ3) is 3.12. The van der Waals surface area contributed by atoms with Crippen molar-refractivity contribution in [3.05, 3.63) is 35.7 Å². The number of amides is 1. The molecule has 5 nitrogen and oxygen atoms in total. The van der Waals surface area contributed by atoms with Gasteiger partial charge >= 0.3 is 0 Å². The lowest BCUT2D eigenvalue weighted by molar-refractivity contribution is 0.0803. The molecule has 0 aliphatic heterocycles. The van der Waals surface area contributed by atoms with E-state index in [1.165, 1.54) is 0 Å². The summed E-state index contributed by atoms with van der Waals surface area (Å²) in [5.41, 5.74) is 1.05. The number of nitrogens with zero attached hydrogens (tertiary/aromatic N) is 3. The second-order valence-corrected chi connectivity index (χ2v) is 6.04. The molecule has 1 amide bonds. The van der Waals surface area contributed by atoms with E-state index >= 15 is 0 Å². The minimum Gasteiger partial charge on any atom is -0.342 e. The number of hydrogen-bond acceptors (Lipinski definition) is 4. The van der Waals surface area contributed by atoms with Crippen LogP contribution in [0.25, 0.3) is 11.5 Å². The molecule has 1 aromatic heterocycles. The molecule has 0 unspecified atom stereocenters. The maximum Gasteiger partial charge on any atom is 0.258 e. The highest BCUT2D eigenvalue weighted by Crippen LogP contribution is 2.26. The molecule has 0 aliphatic rings. The summed E-state index contributed by atoms with van der Waals surface area (Å²) >= 11 is 0. The molecule has 1 heterocycles. The fourth-order valence-electron chi connectivity index (χ4n) is 1.84. The predicted octanol–water partition coefficient (Wildman–Crippen LogP) is 3.13. The fraction of sp³-hybridized carbons (Fsp3) is 0.438. The van der Waals surface area contributed by atoms with Gasteiger partial charge in [0.15, 0.2) is 5.82 Å². The highest BCUT2D eigenvalue weighted by Gasteiger charge is 2.24. The molecule has 21 heavy (non-hydrogen) atoms. The van der Waals surface area contributed by atoms with Crippen molar-refractivity contribution in [1.29, 1.82) is 0 Å². The van der Waals surface area contributed by atoms with Crippen molar-refractivity contribution in [3.8, 4) is 11.5 Å². The van der Waals surface area contributed by atoms with E-state index < -0.39 is 0 Å². The summed E-state index contributed by atoms with van der Waals surface area (Å²) in [6.07, 6.45) is 0. The quantitative estimate of drug-likeness (QED) is 0.870. The monoisotopic (exact) mass is 287 g/mol. The molecule has 0 spiro atoms. The highest BCUT2D eigenvalue weighted by molar-refractivity contribution is 5.99. The Bertz CT molecular complexity index is 641. The van der Waals surface area contributed by atoms with Gasteiger partial charge in [-0.3, -0.25) is 4.79 Å². The zero-order valence-electron chi connectivity index (χ0n) is 13.2. The van der Waals surface area contributed by atoms with Crippen LogP contribution in [-0.2, 0) is 5.41 Å². The summed E-state index contributed by atoms with van der Waals surface area (Å²) in [6, 6.07) is 7.31. The Morgan fingerprint density at radius 1 is 1.29 bits per heavy atom. The molecule has 0 fully saturated rings. The highest BCUT2D eigenvalue weighted by atomic mass is 16.5. The van der Waals surface area contributed by atoms with Gasteiger partial charge in [0, 0.05) is 19.0 Å². The SMILES string of the molecule is CCN(C)C(=O)c1ccccc1-c1nc(C(C)(C)C)no1. The number of carbonyl (C=O) groups excluding carboxylic acids is 1. The Labute approximate surface area is 125 Å². The van der Waals surface area contributed by atoms with Crippen LogP contribution in [0, 0.1) is 0 Å². The van der Waals surface area contributed by atoms with Crippen molar-refractivity contribution in [1.82, 2.24) is 15.0 Å². The molecule has 1 aromatic carbocycles. The van der Waals surface area contributed by atoms with E-state index in [1.54, 1.807) is 18.0 Å². The predicted molar refractivity (Wildman–Crippen MR) is 81.1 cm³/mol. The molecular formula is C16H21N3O2. The van der Waals surface area contributed by atoms with Gasteiger partial charge in [-0.25, -0.2) is 0 Å². The van der Waals surface area contributed by atoms with Gasteiger partial charge in [-0.1, -0.05) is 38.1 Å². The zero-order valence-corrected chi connectivity index (χ0v) is 13.2. The molecule has 0 saturated carbocycles. The third-order valence-corrected chi connectivity index (χ3v) is 3.31. The molecular weight excluding hydrogens is 266 g/mol. The van der Waals surface area contributed by atoms with Gasteiger partial charge in [0.05, 0.1) is 11.1 Å². The number of benzene rings is 1. The Balaban J connectivity index is 2.46. The Hall–Kier alpha value is -2.17. The van der Waals surface area contributed by atoms with Crippen LogP contribution in [-0.4, -0.2) is 34.5 Å². The van der Waals surface area contributed by atoms with Crippen LogP contribution in [0.15, 0.2) is 28.8 Å². The molecule has 0 aliphatic carbocycles. The van der Waals surface area contributed by atoms with Crippen molar-refractivity contribution in [2.75, 3.05) is 13.6 Å². The number of hydrogen-bond donors (Lipinski definition) is 0. The van der Waals surface area contributed by atoms with Gasteiger partial charge in [-0.2, -0.15) is 4.98 Å². The molecule has 0 N–H and O–H groups in total. The second-order valence-electron chi connectivity index (χ2n) is 6.04. The largest absolute Gasteiger partial charge is 0.342 e. The Morgan fingerprint density at radius 2 is 1.95 bits per heavy atom. The van der Waals surface area contributed by atoms with E-state index in [4.69, 9.17) is 4.52 Å². The summed E-state index contributed by atoms with van der Waals surface area (Å²) < 4.78 is 5.35. The van der Waals surface area contributed by atoms with Crippen molar-refractivity contribution in [3.63, 3.8) is 0 Å². The van der Waals surface area contributed by atoms with Crippen molar-refractivity contribution in [2.24, 2.45) is 0 Å². The van der Waals surface area contributed by atoms with E-state index in [9.17, 15) is 4.79 Å². The van der Waals surface area contributed by atoms with Gasteiger partial charge in [0.1, 0.15) is 0 Å². The van der Waals surface area contributed by atoms with Crippen LogP contribution >= 0.6 is 0 Å². The van der Waals surface area contributed by atoms with Crippen LogP contribution in [0.4, 0.5) is 0 Å². The molecule has 0 atom stereocenters. The van der Waals surface area contributed by atoms with Crippen LogP contribution in [0.2, 0.25) is 0 Å². The molecule has 5 heteroatoms. The topological polar surface area (TPSA) is 59.2 Å². The molecule has 0 saturated heterocycles. The van der Waals surface area contributed by atoms with E-state index in [-0.39, 0.29) is 11.3 Å². The minimum atomic E-state index is -0.194. The average Bonchev–Trinajstić information content (AvgIpc) is 2.95. The van der Waals surface area contributed by atoms with Gasteiger partial charge in [-0.05, 0) is 19.1 Å². The molecule has 2 aromatic rings. The lowest BCUT2D eigenvalue weighted by atomic mass is 9.96. The van der Waals surface area contributed by atoms with E-state index in [0.29, 0.717) is 29.4 Å². The minimum absolute atomic E-state index is 0.0522. The Morgan fingerprint density at radius 3 is 2.52 bits per heavy atom. The summed E-state index contributed by atoms with van der Waals surface area (Å²) in [4.78, 5) is 18.5. The second kappa shape index (κ2) is 5.68. The maximum absolute atomic E-state index is 12.4. The van der Waals surface area contributed by atoms with Crippen LogP contribution in [0.3, 0.4) is 0 Å². The molecule has 2 rings (SSSR count). The lowest BCUT2D eigenvalue weighted by Crippen LogP contribution is -2.26. The van der Waals surface area contributed by atoms with Crippen LogP contribution in [0.5, 0.6) is 0 Å².